The molecule has 6 nitrogen and oxygen atoms in total. The van der Waals surface area contributed by atoms with Crippen molar-refractivity contribution in [3.63, 3.8) is 0 Å². The van der Waals surface area contributed by atoms with E-state index < -0.39 is 11.8 Å². The Balaban J connectivity index is 1.59. The highest BCUT2D eigenvalue weighted by Crippen LogP contribution is 2.20. The van der Waals surface area contributed by atoms with Crippen molar-refractivity contribution in [1.82, 2.24) is 9.78 Å². The Labute approximate surface area is 149 Å². The van der Waals surface area contributed by atoms with Crippen LogP contribution in [0.3, 0.4) is 0 Å². The van der Waals surface area contributed by atoms with Crippen LogP contribution in [-0.2, 0) is 16.1 Å². The fourth-order valence-corrected chi connectivity index (χ4v) is 2.40. The maximum absolute atomic E-state index is 12.0. The number of nitrogens with zero attached hydrogens (tertiary/aromatic N) is 2. The van der Waals surface area contributed by atoms with Crippen LogP contribution in [0, 0.1) is 0 Å². The third-order valence-electron chi connectivity index (χ3n) is 3.41. The molecule has 2 aromatic carbocycles. The van der Waals surface area contributed by atoms with Crippen LogP contribution in [-0.4, -0.2) is 21.6 Å². The highest BCUT2D eigenvalue weighted by molar-refractivity contribution is 6.44. The average molecular weight is 355 g/mol. The van der Waals surface area contributed by atoms with Crippen LogP contribution in [0.15, 0.2) is 67.0 Å². The molecule has 0 aliphatic heterocycles. The summed E-state index contributed by atoms with van der Waals surface area (Å²) < 4.78 is 1.68. The van der Waals surface area contributed by atoms with E-state index >= 15 is 0 Å². The summed E-state index contributed by atoms with van der Waals surface area (Å²) in [5, 5.41) is 9.51. The summed E-state index contributed by atoms with van der Waals surface area (Å²) in [7, 11) is 0. The lowest BCUT2D eigenvalue weighted by Crippen LogP contribution is -2.29. The van der Waals surface area contributed by atoms with E-state index in [1.165, 1.54) is 6.20 Å². The smallest absolute Gasteiger partial charge is 0.314 e. The van der Waals surface area contributed by atoms with E-state index in [4.69, 9.17) is 11.6 Å². The summed E-state index contributed by atoms with van der Waals surface area (Å²) in [6.45, 7) is 0.572. The zero-order valence-electron chi connectivity index (χ0n) is 13.1. The molecule has 126 valence electrons. The van der Waals surface area contributed by atoms with Crippen LogP contribution >= 0.6 is 11.6 Å². The SMILES string of the molecule is O=C(Nc1cnn(Cc2ccccc2)c1)C(=O)Nc1ccccc1Cl. The molecule has 0 saturated heterocycles. The highest BCUT2D eigenvalue weighted by Gasteiger charge is 2.16. The van der Waals surface area contributed by atoms with Crippen molar-refractivity contribution in [2.24, 2.45) is 0 Å². The summed E-state index contributed by atoms with van der Waals surface area (Å²) in [4.78, 5) is 24.0. The second-order valence-electron chi connectivity index (χ2n) is 5.30. The van der Waals surface area contributed by atoms with Crippen LogP contribution in [0.2, 0.25) is 5.02 Å². The van der Waals surface area contributed by atoms with Gasteiger partial charge in [0.1, 0.15) is 0 Å². The molecule has 0 atom stereocenters. The Morgan fingerprint density at radius 2 is 1.64 bits per heavy atom. The number of halogens is 1. The standard InChI is InChI=1S/C18H15ClN4O2/c19-15-8-4-5-9-16(15)22-18(25)17(24)21-14-10-20-23(12-14)11-13-6-2-1-3-7-13/h1-10,12H,11H2,(H,21,24)(H,22,25). The Hall–Kier alpha value is -3.12. The van der Waals surface area contributed by atoms with Crippen molar-refractivity contribution < 1.29 is 9.59 Å². The minimum absolute atomic E-state index is 0.360. The quantitative estimate of drug-likeness (QED) is 0.706. The fourth-order valence-electron chi connectivity index (χ4n) is 2.21. The molecular formula is C18H15ClN4O2. The molecule has 2 amide bonds. The van der Waals surface area contributed by atoms with E-state index in [0.717, 1.165) is 5.56 Å². The van der Waals surface area contributed by atoms with Gasteiger partial charge in [0.15, 0.2) is 0 Å². The molecule has 3 rings (SSSR count). The summed E-state index contributed by atoms with van der Waals surface area (Å²) in [5.74, 6) is -1.59. The molecular weight excluding hydrogens is 340 g/mol. The Morgan fingerprint density at radius 3 is 2.40 bits per heavy atom. The number of hydrogen-bond acceptors (Lipinski definition) is 3. The summed E-state index contributed by atoms with van der Waals surface area (Å²) in [6.07, 6.45) is 3.15. The first kappa shape index (κ1) is 16.7. The van der Waals surface area contributed by atoms with Crippen LogP contribution in [0.5, 0.6) is 0 Å². The third-order valence-corrected chi connectivity index (χ3v) is 3.74. The first-order chi connectivity index (χ1) is 12.1. The predicted octanol–water partition coefficient (Wildman–Crippen LogP) is 3.16. The molecule has 0 aliphatic rings. The lowest BCUT2D eigenvalue weighted by Gasteiger charge is -2.06. The molecule has 0 fully saturated rings. The molecule has 0 bridgehead atoms. The van der Waals surface area contributed by atoms with Gasteiger partial charge in [0, 0.05) is 6.20 Å². The number of carbonyl (C=O) groups is 2. The van der Waals surface area contributed by atoms with Crippen molar-refractivity contribution in [2.45, 2.75) is 6.54 Å². The van der Waals surface area contributed by atoms with E-state index in [1.54, 1.807) is 35.1 Å². The van der Waals surface area contributed by atoms with Gasteiger partial charge in [-0.15, -0.1) is 0 Å². The van der Waals surface area contributed by atoms with Crippen molar-refractivity contribution in [3.8, 4) is 0 Å². The number of nitrogens with one attached hydrogen (secondary N) is 2. The van der Waals surface area contributed by atoms with Gasteiger partial charge in [0.2, 0.25) is 0 Å². The second-order valence-corrected chi connectivity index (χ2v) is 5.71. The van der Waals surface area contributed by atoms with Crippen LogP contribution in [0.4, 0.5) is 11.4 Å². The fraction of sp³-hybridized carbons (Fsp3) is 0.0556. The highest BCUT2D eigenvalue weighted by atomic mass is 35.5. The van der Waals surface area contributed by atoms with Gasteiger partial charge in [-0.1, -0.05) is 54.1 Å². The van der Waals surface area contributed by atoms with Gasteiger partial charge >= 0.3 is 11.8 Å². The third kappa shape index (κ3) is 4.45. The van der Waals surface area contributed by atoms with Crippen LogP contribution in [0.1, 0.15) is 5.56 Å². The Kier molecular flexibility index (Phi) is 5.11. The Morgan fingerprint density at radius 1 is 0.960 bits per heavy atom. The lowest BCUT2D eigenvalue weighted by atomic mass is 10.2. The molecule has 0 radical (unpaired) electrons. The van der Waals surface area contributed by atoms with Crippen LogP contribution in [0.25, 0.3) is 0 Å². The van der Waals surface area contributed by atoms with Gasteiger partial charge < -0.3 is 10.6 Å². The lowest BCUT2D eigenvalue weighted by molar-refractivity contribution is -0.132. The molecule has 0 aliphatic carbocycles. The molecule has 0 unspecified atom stereocenters. The van der Waals surface area contributed by atoms with Crippen molar-refractivity contribution in [1.29, 1.82) is 0 Å². The maximum atomic E-state index is 12.0. The number of amides is 2. The normalized spacial score (nSPS) is 10.3. The van der Waals surface area contributed by atoms with Crippen LogP contribution < -0.4 is 10.6 Å². The van der Waals surface area contributed by atoms with Crippen molar-refractivity contribution in [3.05, 3.63) is 77.6 Å². The predicted molar refractivity (Wildman–Crippen MR) is 96.5 cm³/mol. The molecule has 7 heteroatoms. The molecule has 3 aromatic rings. The number of hydrogen-bond donors (Lipinski definition) is 2. The maximum Gasteiger partial charge on any atom is 0.314 e. The first-order valence-electron chi connectivity index (χ1n) is 7.55. The minimum atomic E-state index is -0.802. The largest absolute Gasteiger partial charge is 0.316 e. The average Bonchev–Trinajstić information content (AvgIpc) is 3.04. The number of carbonyl (C=O) groups excluding carboxylic acids is 2. The van der Waals surface area contributed by atoms with E-state index in [2.05, 4.69) is 15.7 Å². The number of aromatic nitrogens is 2. The molecule has 25 heavy (non-hydrogen) atoms. The second kappa shape index (κ2) is 7.63. The number of rotatable bonds is 4. The number of benzene rings is 2. The van der Waals surface area contributed by atoms with E-state index in [1.807, 2.05) is 30.3 Å². The zero-order chi connectivity index (χ0) is 17.6. The molecule has 0 spiro atoms. The van der Waals surface area contributed by atoms with E-state index in [0.29, 0.717) is 22.9 Å². The summed E-state index contributed by atoms with van der Waals surface area (Å²) in [5.41, 5.74) is 1.90. The van der Waals surface area contributed by atoms with Gasteiger partial charge in [-0.2, -0.15) is 5.10 Å². The van der Waals surface area contributed by atoms with E-state index in [9.17, 15) is 9.59 Å². The van der Waals surface area contributed by atoms with Gasteiger partial charge in [0.25, 0.3) is 0 Å². The molecule has 1 heterocycles. The minimum Gasteiger partial charge on any atom is -0.316 e. The number of anilines is 2. The van der Waals surface area contributed by atoms with Gasteiger partial charge in [-0.05, 0) is 17.7 Å². The van der Waals surface area contributed by atoms with Crippen molar-refractivity contribution in [2.75, 3.05) is 10.6 Å². The topological polar surface area (TPSA) is 76.0 Å². The van der Waals surface area contributed by atoms with Crippen molar-refractivity contribution >= 4 is 34.8 Å². The zero-order valence-corrected chi connectivity index (χ0v) is 13.9. The van der Waals surface area contributed by atoms with E-state index in [-0.39, 0.29) is 0 Å². The monoisotopic (exact) mass is 354 g/mol. The van der Waals surface area contributed by atoms with Gasteiger partial charge in [-0.3, -0.25) is 14.3 Å². The Bertz CT molecular complexity index is 893. The molecule has 2 N–H and O–H groups in total. The van der Waals surface area contributed by atoms with Gasteiger partial charge in [0.05, 0.1) is 29.1 Å². The van der Waals surface area contributed by atoms with Gasteiger partial charge in [-0.25, -0.2) is 0 Å². The summed E-state index contributed by atoms with van der Waals surface area (Å²) >= 11 is 5.95. The number of para-hydroxylation sites is 1. The molecule has 1 aromatic heterocycles. The molecule has 0 saturated carbocycles. The first-order valence-corrected chi connectivity index (χ1v) is 7.93. The summed E-state index contributed by atoms with van der Waals surface area (Å²) in [6, 6.07) is 16.5.